The molecule has 0 spiro atoms. The Kier molecular flexibility index (Phi) is 7.49. The van der Waals surface area contributed by atoms with E-state index in [1.165, 1.54) is 31.3 Å². The fraction of sp³-hybridized carbons (Fsp3) is 0.433. The smallest absolute Gasteiger partial charge is 0.253 e. The number of carbonyl (C=O) groups excluding carboxylic acids is 2. The number of nitrogens with one attached hydrogen (secondary N) is 1. The van der Waals surface area contributed by atoms with Crippen molar-refractivity contribution >= 4 is 22.9 Å². The Morgan fingerprint density at radius 3 is 2.67 bits per heavy atom. The molecule has 1 fully saturated rings. The summed E-state index contributed by atoms with van der Waals surface area (Å²) in [5.74, 6) is 0.962. The van der Waals surface area contributed by atoms with Crippen LogP contribution in [0.2, 0.25) is 0 Å². The Labute approximate surface area is 212 Å². The summed E-state index contributed by atoms with van der Waals surface area (Å²) < 4.78 is 5.95. The van der Waals surface area contributed by atoms with E-state index in [1.54, 1.807) is 6.07 Å². The Bertz CT molecular complexity index is 1240. The van der Waals surface area contributed by atoms with Crippen molar-refractivity contribution in [3.63, 3.8) is 0 Å². The normalized spacial score (nSPS) is 17.6. The van der Waals surface area contributed by atoms with Crippen LogP contribution in [-0.2, 0) is 4.79 Å². The number of nitrogens with zero attached hydrogens (tertiary/aromatic N) is 2. The largest absolute Gasteiger partial charge is 0.436 e. The van der Waals surface area contributed by atoms with Gasteiger partial charge in [0, 0.05) is 36.7 Å². The summed E-state index contributed by atoms with van der Waals surface area (Å²) in [5.41, 5.74) is 4.36. The first kappa shape index (κ1) is 24.3. The van der Waals surface area contributed by atoms with Gasteiger partial charge in [-0.25, -0.2) is 4.98 Å². The minimum absolute atomic E-state index is 0.00544. The maximum absolute atomic E-state index is 13.2. The molecule has 1 aromatic heterocycles. The molecule has 2 aliphatic rings. The van der Waals surface area contributed by atoms with Gasteiger partial charge in [0.1, 0.15) is 5.52 Å². The van der Waals surface area contributed by atoms with Crippen molar-refractivity contribution in [2.45, 2.75) is 51.9 Å². The van der Waals surface area contributed by atoms with Crippen LogP contribution in [0.25, 0.3) is 22.6 Å². The Balaban J connectivity index is 1.14. The van der Waals surface area contributed by atoms with E-state index < -0.39 is 0 Å². The topological polar surface area (TPSA) is 75.4 Å². The van der Waals surface area contributed by atoms with E-state index >= 15 is 0 Å². The van der Waals surface area contributed by atoms with Gasteiger partial charge in [0.05, 0.1) is 0 Å². The summed E-state index contributed by atoms with van der Waals surface area (Å²) >= 11 is 0. The van der Waals surface area contributed by atoms with E-state index in [1.807, 2.05) is 54.3 Å². The zero-order valence-corrected chi connectivity index (χ0v) is 21.0. The molecular formula is C30H35N3O3. The summed E-state index contributed by atoms with van der Waals surface area (Å²) in [4.78, 5) is 32.4. The molecule has 2 amide bonds. The molecule has 6 nitrogen and oxygen atoms in total. The third-order valence-corrected chi connectivity index (χ3v) is 7.73. The second-order valence-electron chi connectivity index (χ2n) is 10.1. The highest BCUT2D eigenvalue weighted by molar-refractivity contribution is 5.97. The summed E-state index contributed by atoms with van der Waals surface area (Å²) in [6.07, 6.45) is 9.91. The first-order valence-electron chi connectivity index (χ1n) is 13.3. The zero-order chi connectivity index (χ0) is 24.9. The van der Waals surface area contributed by atoms with Crippen molar-refractivity contribution in [1.29, 1.82) is 0 Å². The van der Waals surface area contributed by atoms with Gasteiger partial charge >= 0.3 is 0 Å². The van der Waals surface area contributed by atoms with Crippen LogP contribution >= 0.6 is 0 Å². The molecule has 36 heavy (non-hydrogen) atoms. The molecular weight excluding hydrogens is 450 g/mol. The van der Waals surface area contributed by atoms with Crippen LogP contribution in [0, 0.1) is 11.8 Å². The molecule has 0 saturated carbocycles. The zero-order valence-electron chi connectivity index (χ0n) is 21.0. The second-order valence-corrected chi connectivity index (χ2v) is 10.1. The van der Waals surface area contributed by atoms with Crippen LogP contribution in [0.5, 0.6) is 0 Å². The summed E-state index contributed by atoms with van der Waals surface area (Å²) in [7, 11) is 0. The molecule has 6 heteroatoms. The number of carbonyl (C=O) groups is 2. The number of amides is 2. The van der Waals surface area contributed by atoms with Gasteiger partial charge in [0.2, 0.25) is 11.8 Å². The molecule has 5 rings (SSSR count). The van der Waals surface area contributed by atoms with Crippen molar-refractivity contribution in [2.24, 2.45) is 11.8 Å². The van der Waals surface area contributed by atoms with E-state index in [-0.39, 0.29) is 17.7 Å². The number of rotatable bonds is 7. The lowest BCUT2D eigenvalue weighted by Gasteiger charge is -2.34. The molecule has 188 valence electrons. The van der Waals surface area contributed by atoms with Gasteiger partial charge in [-0.2, -0.15) is 0 Å². The average Bonchev–Trinajstić information content (AvgIpc) is 3.37. The molecule has 2 aromatic carbocycles. The fourth-order valence-corrected chi connectivity index (χ4v) is 5.40. The maximum atomic E-state index is 13.2. The number of fused-ring (bicyclic) bond motifs is 1. The number of piperidine rings is 1. The Morgan fingerprint density at radius 1 is 1.11 bits per heavy atom. The van der Waals surface area contributed by atoms with Crippen molar-refractivity contribution < 1.29 is 14.0 Å². The van der Waals surface area contributed by atoms with Gasteiger partial charge in [0.25, 0.3) is 5.91 Å². The molecule has 0 bridgehead atoms. The van der Waals surface area contributed by atoms with Crippen LogP contribution in [0.3, 0.4) is 0 Å². The van der Waals surface area contributed by atoms with Gasteiger partial charge in [-0.3, -0.25) is 9.59 Å². The minimum atomic E-state index is -0.0375. The van der Waals surface area contributed by atoms with Crippen molar-refractivity contribution in [3.8, 4) is 11.5 Å². The van der Waals surface area contributed by atoms with E-state index in [0.29, 0.717) is 36.0 Å². The molecule has 1 aliphatic carbocycles. The van der Waals surface area contributed by atoms with Gasteiger partial charge in [0.15, 0.2) is 5.58 Å². The molecule has 0 radical (unpaired) electrons. The lowest BCUT2D eigenvalue weighted by molar-refractivity contribution is -0.126. The average molecular weight is 486 g/mol. The molecule has 3 aromatic rings. The highest BCUT2D eigenvalue weighted by atomic mass is 16.3. The summed E-state index contributed by atoms with van der Waals surface area (Å²) in [6, 6.07) is 15.2. The van der Waals surface area contributed by atoms with E-state index in [9.17, 15) is 9.59 Å². The SMILES string of the molecule is C[C@H](C(=O)NCCC1=CCCCC1)C1CCN(C(=O)c2ccc3nc(-c4ccccc4)oc3c2)CC1. The highest BCUT2D eigenvalue weighted by Crippen LogP contribution is 2.28. The first-order chi connectivity index (χ1) is 17.6. The number of likely N-dealkylation sites (tertiary alicyclic amines) is 1. The number of hydrogen-bond acceptors (Lipinski definition) is 4. The highest BCUT2D eigenvalue weighted by Gasteiger charge is 2.30. The number of hydrogen-bond donors (Lipinski definition) is 1. The minimum Gasteiger partial charge on any atom is -0.436 e. The van der Waals surface area contributed by atoms with Crippen LogP contribution in [0.1, 0.15) is 62.2 Å². The van der Waals surface area contributed by atoms with Gasteiger partial charge in [-0.15, -0.1) is 0 Å². The maximum Gasteiger partial charge on any atom is 0.253 e. The lowest BCUT2D eigenvalue weighted by Crippen LogP contribution is -2.42. The van der Waals surface area contributed by atoms with Gasteiger partial charge in [-0.05, 0) is 81.2 Å². The molecule has 1 aliphatic heterocycles. The Morgan fingerprint density at radius 2 is 1.92 bits per heavy atom. The van der Waals surface area contributed by atoms with E-state index in [2.05, 4.69) is 16.4 Å². The Hall–Kier alpha value is -3.41. The van der Waals surface area contributed by atoms with Crippen LogP contribution < -0.4 is 5.32 Å². The van der Waals surface area contributed by atoms with Crippen molar-refractivity contribution in [3.05, 3.63) is 65.7 Å². The monoisotopic (exact) mass is 485 g/mol. The first-order valence-corrected chi connectivity index (χ1v) is 13.3. The van der Waals surface area contributed by atoms with Crippen molar-refractivity contribution in [1.82, 2.24) is 15.2 Å². The second kappa shape index (κ2) is 11.1. The number of aromatic nitrogens is 1. The van der Waals surface area contributed by atoms with E-state index in [0.717, 1.165) is 36.9 Å². The molecule has 1 saturated heterocycles. The van der Waals surface area contributed by atoms with Crippen LogP contribution in [0.15, 0.2) is 64.6 Å². The molecule has 1 N–H and O–H groups in total. The van der Waals surface area contributed by atoms with E-state index in [4.69, 9.17) is 4.42 Å². The standard InChI is InChI=1S/C30H35N3O3/c1-21(28(34)31-17-14-22-8-4-2-5-9-22)23-15-18-33(19-16-23)30(35)25-12-13-26-27(20-25)36-29(32-26)24-10-6-3-7-11-24/h3,6-8,10-13,20-21,23H,2,4-5,9,14-19H2,1H3,(H,31,34)/t21-/m0/s1. The summed E-state index contributed by atoms with van der Waals surface area (Å²) in [6.45, 7) is 4.08. The lowest BCUT2D eigenvalue weighted by atomic mass is 9.84. The number of allylic oxidation sites excluding steroid dienone is 1. The van der Waals surface area contributed by atoms with Gasteiger partial charge in [-0.1, -0.05) is 36.8 Å². The predicted octanol–water partition coefficient (Wildman–Crippen LogP) is 5.99. The van der Waals surface area contributed by atoms with Crippen LogP contribution in [-0.4, -0.2) is 41.3 Å². The quantitative estimate of drug-likeness (QED) is 0.417. The fourth-order valence-electron chi connectivity index (χ4n) is 5.40. The van der Waals surface area contributed by atoms with Crippen LogP contribution in [0.4, 0.5) is 0 Å². The molecule has 1 atom stereocenters. The molecule has 2 heterocycles. The van der Waals surface area contributed by atoms with Gasteiger partial charge < -0.3 is 14.6 Å². The molecule has 0 unspecified atom stereocenters. The third-order valence-electron chi connectivity index (χ3n) is 7.73. The number of benzene rings is 2. The van der Waals surface area contributed by atoms with Crippen molar-refractivity contribution in [2.75, 3.05) is 19.6 Å². The summed E-state index contributed by atoms with van der Waals surface area (Å²) in [5, 5.41) is 3.14. The third kappa shape index (κ3) is 5.53. The predicted molar refractivity (Wildman–Crippen MR) is 141 cm³/mol. The number of oxazole rings is 1.